The molecule has 0 bridgehead atoms. The highest BCUT2D eigenvalue weighted by molar-refractivity contribution is 5.84. The zero-order valence-corrected chi connectivity index (χ0v) is 6.22. The molecule has 0 fully saturated rings. The molecule has 0 amide bonds. The highest BCUT2D eigenvalue weighted by Crippen LogP contribution is 2.31. The molecule has 0 aliphatic carbocycles. The first-order valence-electron chi connectivity index (χ1n) is 3.21. The zero-order valence-electron chi connectivity index (χ0n) is 6.22. The van der Waals surface area contributed by atoms with E-state index in [-0.39, 0.29) is 21.8 Å². The van der Waals surface area contributed by atoms with Gasteiger partial charge in [-0.3, -0.25) is 0 Å². The number of hydrogen-bond acceptors (Lipinski definition) is 6. The molecule has 0 unspecified atom stereocenters. The molecule has 0 spiro atoms. The minimum absolute atomic E-state index is 0.243. The number of rotatable bonds is 0. The van der Waals surface area contributed by atoms with Crippen LogP contribution in [0.15, 0.2) is 4.42 Å². The molecule has 8 nitrogen and oxygen atoms in total. The van der Waals surface area contributed by atoms with E-state index in [9.17, 15) is 10.3 Å². The summed E-state index contributed by atoms with van der Waals surface area (Å²) < 4.78 is 5.18. The van der Waals surface area contributed by atoms with Crippen LogP contribution in [0.1, 0.15) is 0 Å². The molecule has 2 aromatic rings. The molecule has 2 heterocycles. The standard InChI is InChI=1S/C5H6N4O4/c6-3-1(10)2-4(8(3)11)9(12)5(7)13-2/h7,10-12H,6H2. The summed E-state index contributed by atoms with van der Waals surface area (Å²) in [5.41, 5.74) is 4.04. The predicted molar refractivity (Wildman–Crippen MR) is 38.5 cm³/mol. The van der Waals surface area contributed by atoms with E-state index in [2.05, 4.69) is 4.42 Å². The fourth-order valence-electron chi connectivity index (χ4n) is 1.05. The molecular formula is C5H6N4O4. The van der Waals surface area contributed by atoms with Crippen LogP contribution in [0.3, 0.4) is 0 Å². The van der Waals surface area contributed by atoms with Crippen molar-refractivity contribution in [2.45, 2.75) is 0 Å². The van der Waals surface area contributed by atoms with Gasteiger partial charge in [-0.25, -0.2) is 5.41 Å². The lowest BCUT2D eigenvalue weighted by Crippen LogP contribution is -2.13. The second kappa shape index (κ2) is 1.91. The second-order valence-electron chi connectivity index (χ2n) is 2.42. The minimum atomic E-state index is -0.622. The van der Waals surface area contributed by atoms with Crippen LogP contribution in [0.5, 0.6) is 5.75 Å². The van der Waals surface area contributed by atoms with Crippen LogP contribution in [0, 0.1) is 5.41 Å². The summed E-state index contributed by atoms with van der Waals surface area (Å²) in [4.78, 5) is 0. The number of nitrogens with two attached hydrogens (primary N) is 1. The van der Waals surface area contributed by atoms with Gasteiger partial charge in [0.2, 0.25) is 17.0 Å². The van der Waals surface area contributed by atoms with Gasteiger partial charge >= 0.3 is 5.68 Å². The van der Waals surface area contributed by atoms with Crippen LogP contribution in [-0.2, 0) is 0 Å². The Morgan fingerprint density at radius 1 is 1.31 bits per heavy atom. The smallest absolute Gasteiger partial charge is 0.330 e. The maximum atomic E-state index is 9.21. The van der Waals surface area contributed by atoms with Crippen LogP contribution in [-0.4, -0.2) is 25.0 Å². The lowest BCUT2D eigenvalue weighted by atomic mass is 10.5. The summed E-state index contributed by atoms with van der Waals surface area (Å²) in [6, 6.07) is 0. The van der Waals surface area contributed by atoms with Gasteiger partial charge in [0, 0.05) is 0 Å². The Balaban J connectivity index is 3.10. The van der Waals surface area contributed by atoms with E-state index in [1.807, 2.05) is 0 Å². The number of fused-ring (bicyclic) bond motifs is 1. The maximum absolute atomic E-state index is 9.21. The van der Waals surface area contributed by atoms with E-state index in [0.717, 1.165) is 0 Å². The number of nitrogen functional groups attached to an aromatic ring is 1. The van der Waals surface area contributed by atoms with Crippen LogP contribution >= 0.6 is 0 Å². The summed E-state index contributed by atoms with van der Waals surface area (Å²) in [6.07, 6.45) is 0. The molecule has 13 heavy (non-hydrogen) atoms. The monoisotopic (exact) mass is 186 g/mol. The van der Waals surface area contributed by atoms with Crippen LogP contribution < -0.4 is 11.4 Å². The third-order valence-corrected chi connectivity index (χ3v) is 1.68. The van der Waals surface area contributed by atoms with Crippen molar-refractivity contribution in [1.82, 2.24) is 9.46 Å². The fourth-order valence-corrected chi connectivity index (χ4v) is 1.05. The van der Waals surface area contributed by atoms with E-state index in [0.29, 0.717) is 4.73 Å². The quantitative estimate of drug-likeness (QED) is 0.346. The Morgan fingerprint density at radius 2 is 1.92 bits per heavy atom. The number of nitrogens with one attached hydrogen (secondary N) is 1. The van der Waals surface area contributed by atoms with Gasteiger partial charge in [0.1, 0.15) is 0 Å². The van der Waals surface area contributed by atoms with Crippen molar-refractivity contribution in [3.05, 3.63) is 5.68 Å². The third-order valence-electron chi connectivity index (χ3n) is 1.68. The number of aromatic nitrogens is 2. The number of nitrogens with zero attached hydrogens (tertiary/aromatic N) is 2. The molecule has 6 N–H and O–H groups in total. The number of oxazole rings is 1. The largest absolute Gasteiger partial charge is 0.502 e. The highest BCUT2D eigenvalue weighted by Gasteiger charge is 2.21. The van der Waals surface area contributed by atoms with Gasteiger partial charge in [0.05, 0.1) is 0 Å². The number of anilines is 1. The van der Waals surface area contributed by atoms with E-state index in [4.69, 9.17) is 16.4 Å². The molecule has 0 saturated carbocycles. The van der Waals surface area contributed by atoms with Crippen molar-refractivity contribution < 1.29 is 19.9 Å². The Kier molecular flexibility index (Phi) is 1.09. The molecule has 8 heteroatoms. The molecule has 0 radical (unpaired) electrons. The van der Waals surface area contributed by atoms with Crippen LogP contribution in [0.2, 0.25) is 0 Å². The second-order valence-corrected chi connectivity index (χ2v) is 2.42. The van der Waals surface area contributed by atoms with Gasteiger partial charge < -0.3 is 25.7 Å². The Hall–Kier alpha value is -2.25. The summed E-state index contributed by atoms with van der Waals surface area (Å²) in [5.74, 6) is -0.879. The predicted octanol–water partition coefficient (Wildman–Crippen LogP) is -0.722. The Labute approximate surface area is 70.1 Å². The lowest BCUT2D eigenvalue weighted by Gasteiger charge is -1.95. The van der Waals surface area contributed by atoms with Crippen molar-refractivity contribution >= 4 is 17.0 Å². The Bertz CT molecular complexity index is 533. The van der Waals surface area contributed by atoms with E-state index < -0.39 is 11.4 Å². The summed E-state index contributed by atoms with van der Waals surface area (Å²) in [6.45, 7) is 0. The summed E-state index contributed by atoms with van der Waals surface area (Å²) >= 11 is 0. The fraction of sp³-hybridized carbons (Fsp3) is 0. The summed E-state index contributed by atoms with van der Waals surface area (Å²) in [5, 5.41) is 34.5. The van der Waals surface area contributed by atoms with E-state index in [1.54, 1.807) is 0 Å². The van der Waals surface area contributed by atoms with Crippen molar-refractivity contribution in [3.8, 4) is 5.75 Å². The molecule has 0 saturated heterocycles. The molecule has 70 valence electrons. The molecule has 2 rings (SSSR count). The molecule has 0 aliphatic heterocycles. The molecule has 0 atom stereocenters. The van der Waals surface area contributed by atoms with Crippen molar-refractivity contribution in [2.75, 3.05) is 5.73 Å². The van der Waals surface area contributed by atoms with Crippen molar-refractivity contribution in [2.24, 2.45) is 0 Å². The summed E-state index contributed by atoms with van der Waals surface area (Å²) in [7, 11) is 0. The Morgan fingerprint density at radius 3 is 2.46 bits per heavy atom. The van der Waals surface area contributed by atoms with E-state index in [1.165, 1.54) is 0 Å². The molecule has 2 aromatic heterocycles. The normalized spacial score (nSPS) is 11.1. The number of aromatic hydroxyl groups is 1. The van der Waals surface area contributed by atoms with Crippen molar-refractivity contribution in [3.63, 3.8) is 0 Å². The average Bonchev–Trinajstić information content (AvgIpc) is 2.48. The van der Waals surface area contributed by atoms with Gasteiger partial charge in [0.15, 0.2) is 5.82 Å². The maximum Gasteiger partial charge on any atom is 0.330 e. The van der Waals surface area contributed by atoms with E-state index >= 15 is 0 Å². The first-order chi connectivity index (χ1) is 6.04. The van der Waals surface area contributed by atoms with Gasteiger partial charge in [-0.2, -0.15) is 0 Å². The molecular weight excluding hydrogens is 180 g/mol. The van der Waals surface area contributed by atoms with Crippen LogP contribution in [0.4, 0.5) is 5.82 Å². The topological polar surface area (TPSA) is 134 Å². The zero-order chi connectivity index (χ0) is 9.75. The van der Waals surface area contributed by atoms with Gasteiger partial charge in [-0.05, 0) is 0 Å². The SMILES string of the molecule is N=c1oc2c(O)c(N)n(O)c2n1O. The molecule has 0 aromatic carbocycles. The number of hydrogen-bond donors (Lipinski definition) is 5. The van der Waals surface area contributed by atoms with Crippen LogP contribution in [0.25, 0.3) is 11.2 Å². The van der Waals surface area contributed by atoms with Crippen molar-refractivity contribution in [1.29, 1.82) is 5.41 Å². The molecule has 0 aliphatic rings. The third kappa shape index (κ3) is 0.662. The first kappa shape index (κ1) is 7.40. The van der Waals surface area contributed by atoms with Gasteiger partial charge in [-0.15, -0.1) is 9.46 Å². The average molecular weight is 186 g/mol. The van der Waals surface area contributed by atoms with Gasteiger partial charge in [-0.1, -0.05) is 0 Å². The highest BCUT2D eigenvalue weighted by atomic mass is 16.5. The first-order valence-corrected chi connectivity index (χ1v) is 3.21. The lowest BCUT2D eigenvalue weighted by molar-refractivity contribution is 0.140. The minimum Gasteiger partial charge on any atom is -0.502 e. The van der Waals surface area contributed by atoms with Gasteiger partial charge in [0.25, 0.3) is 0 Å².